The lowest BCUT2D eigenvalue weighted by atomic mass is 9.87. The first-order valence-corrected chi connectivity index (χ1v) is 8.07. The summed E-state index contributed by atoms with van der Waals surface area (Å²) in [6.45, 7) is 3.58. The minimum absolute atomic E-state index is 0.207. The van der Waals surface area contributed by atoms with Crippen molar-refractivity contribution in [1.29, 1.82) is 0 Å². The molecule has 3 N–H and O–H groups in total. The van der Waals surface area contributed by atoms with Gasteiger partial charge in [-0.25, -0.2) is 0 Å². The van der Waals surface area contributed by atoms with E-state index in [-0.39, 0.29) is 5.92 Å². The highest BCUT2D eigenvalue weighted by Gasteiger charge is 2.29. The van der Waals surface area contributed by atoms with Crippen molar-refractivity contribution in [2.75, 3.05) is 21.3 Å². The average Bonchev–Trinajstić information content (AvgIpc) is 2.53. The number of ether oxygens (including phenoxy) is 3. The summed E-state index contributed by atoms with van der Waals surface area (Å²) in [5.41, 5.74) is 5.59. The van der Waals surface area contributed by atoms with Crippen molar-refractivity contribution >= 4 is 5.97 Å². The largest absolute Gasteiger partial charge is 0.496 e. The summed E-state index contributed by atoms with van der Waals surface area (Å²) in [4.78, 5) is 11.1. The standard InChI is InChI=1S/C18H29NO5/c1-12(11-18(2,19)17(20)21)7-6-8-13-14(22-3)9-10-15(23-4)16(13)24-5/h9-10,12H,6-8,11,19H2,1-5H3,(H,20,21). The maximum atomic E-state index is 11.1. The molecule has 0 saturated heterocycles. The highest BCUT2D eigenvalue weighted by atomic mass is 16.5. The third-order valence-electron chi connectivity index (χ3n) is 4.21. The van der Waals surface area contributed by atoms with E-state index in [0.29, 0.717) is 17.9 Å². The van der Waals surface area contributed by atoms with E-state index >= 15 is 0 Å². The summed E-state index contributed by atoms with van der Waals surface area (Å²) in [7, 11) is 4.83. The number of hydrogen-bond donors (Lipinski definition) is 2. The molecule has 0 aliphatic carbocycles. The summed E-state index contributed by atoms with van der Waals surface area (Å²) in [6.07, 6.45) is 2.93. The van der Waals surface area contributed by atoms with Crippen molar-refractivity contribution in [1.82, 2.24) is 0 Å². The second-order valence-electron chi connectivity index (χ2n) is 6.41. The predicted molar refractivity (Wildman–Crippen MR) is 93.0 cm³/mol. The van der Waals surface area contributed by atoms with Gasteiger partial charge in [0.2, 0.25) is 0 Å². The van der Waals surface area contributed by atoms with Crippen molar-refractivity contribution in [3.05, 3.63) is 17.7 Å². The fourth-order valence-corrected chi connectivity index (χ4v) is 2.94. The van der Waals surface area contributed by atoms with E-state index in [4.69, 9.17) is 25.1 Å². The summed E-state index contributed by atoms with van der Waals surface area (Å²) < 4.78 is 16.2. The second-order valence-corrected chi connectivity index (χ2v) is 6.41. The van der Waals surface area contributed by atoms with Crippen molar-refractivity contribution in [3.63, 3.8) is 0 Å². The Morgan fingerprint density at radius 2 is 1.79 bits per heavy atom. The molecule has 0 saturated carbocycles. The third kappa shape index (κ3) is 5.03. The number of methoxy groups -OCH3 is 3. The molecular formula is C18H29NO5. The van der Waals surface area contributed by atoms with Gasteiger partial charge in [0.05, 0.1) is 21.3 Å². The van der Waals surface area contributed by atoms with Gasteiger partial charge in [-0.1, -0.05) is 13.3 Å². The van der Waals surface area contributed by atoms with E-state index < -0.39 is 11.5 Å². The van der Waals surface area contributed by atoms with Crippen LogP contribution in [0, 0.1) is 5.92 Å². The predicted octanol–water partition coefficient (Wildman–Crippen LogP) is 2.86. The van der Waals surface area contributed by atoms with Crippen LogP contribution in [0.15, 0.2) is 12.1 Å². The zero-order chi connectivity index (χ0) is 18.3. The minimum atomic E-state index is -1.19. The maximum Gasteiger partial charge on any atom is 0.323 e. The fourth-order valence-electron chi connectivity index (χ4n) is 2.94. The SMILES string of the molecule is COc1ccc(OC)c(OC)c1CCCC(C)CC(C)(N)C(=O)O. The molecular weight excluding hydrogens is 310 g/mol. The number of nitrogens with two attached hydrogens (primary N) is 1. The molecule has 0 amide bonds. The summed E-state index contributed by atoms with van der Waals surface area (Å²) in [6, 6.07) is 3.68. The number of carbonyl (C=O) groups is 1. The van der Waals surface area contributed by atoms with Gasteiger partial charge < -0.3 is 25.1 Å². The number of carboxylic acid groups (broad SMARTS) is 1. The molecule has 136 valence electrons. The zero-order valence-electron chi connectivity index (χ0n) is 15.2. The van der Waals surface area contributed by atoms with Crippen LogP contribution in [0.2, 0.25) is 0 Å². The molecule has 0 aliphatic rings. The van der Waals surface area contributed by atoms with Gasteiger partial charge in [-0.05, 0) is 44.2 Å². The lowest BCUT2D eigenvalue weighted by molar-refractivity contribution is -0.143. The Morgan fingerprint density at radius 1 is 1.21 bits per heavy atom. The molecule has 0 radical (unpaired) electrons. The molecule has 0 spiro atoms. The number of carboxylic acids is 1. The van der Waals surface area contributed by atoms with E-state index in [9.17, 15) is 4.79 Å². The molecule has 0 aliphatic heterocycles. The fraction of sp³-hybridized carbons (Fsp3) is 0.611. The first-order valence-electron chi connectivity index (χ1n) is 8.07. The molecule has 2 unspecified atom stereocenters. The molecule has 0 aromatic heterocycles. The molecule has 1 rings (SSSR count). The Morgan fingerprint density at radius 3 is 2.29 bits per heavy atom. The van der Waals surface area contributed by atoms with Crippen LogP contribution in [-0.4, -0.2) is 37.9 Å². The van der Waals surface area contributed by atoms with Gasteiger partial charge in [-0.3, -0.25) is 4.79 Å². The van der Waals surface area contributed by atoms with Gasteiger partial charge >= 0.3 is 5.97 Å². The van der Waals surface area contributed by atoms with Gasteiger partial charge in [-0.2, -0.15) is 0 Å². The monoisotopic (exact) mass is 339 g/mol. The Labute approximate surface area is 143 Å². The zero-order valence-corrected chi connectivity index (χ0v) is 15.2. The van der Waals surface area contributed by atoms with Crippen molar-refractivity contribution in [2.24, 2.45) is 11.7 Å². The van der Waals surface area contributed by atoms with Crippen LogP contribution in [0.25, 0.3) is 0 Å². The highest BCUT2D eigenvalue weighted by Crippen LogP contribution is 2.38. The third-order valence-corrected chi connectivity index (χ3v) is 4.21. The van der Waals surface area contributed by atoms with Crippen molar-refractivity contribution in [3.8, 4) is 17.2 Å². The Hall–Kier alpha value is -1.95. The van der Waals surface area contributed by atoms with Gasteiger partial charge in [0.1, 0.15) is 11.3 Å². The van der Waals surface area contributed by atoms with Crippen LogP contribution in [0.4, 0.5) is 0 Å². The van der Waals surface area contributed by atoms with Crippen LogP contribution < -0.4 is 19.9 Å². The highest BCUT2D eigenvalue weighted by molar-refractivity contribution is 5.77. The van der Waals surface area contributed by atoms with Gasteiger partial charge in [0, 0.05) is 5.56 Å². The molecule has 6 heteroatoms. The molecule has 0 heterocycles. The molecule has 1 aromatic carbocycles. The topological polar surface area (TPSA) is 91.0 Å². The van der Waals surface area contributed by atoms with Crippen molar-refractivity contribution < 1.29 is 24.1 Å². The molecule has 1 aromatic rings. The van der Waals surface area contributed by atoms with Crippen LogP contribution in [0.5, 0.6) is 17.2 Å². The van der Waals surface area contributed by atoms with Crippen molar-refractivity contribution in [2.45, 2.75) is 45.1 Å². The van der Waals surface area contributed by atoms with Gasteiger partial charge in [0.25, 0.3) is 0 Å². The molecule has 6 nitrogen and oxygen atoms in total. The Kier molecular flexibility index (Phi) is 7.35. The number of aliphatic carboxylic acids is 1. The van der Waals surface area contributed by atoms with E-state index in [0.717, 1.165) is 30.6 Å². The maximum absolute atomic E-state index is 11.1. The smallest absolute Gasteiger partial charge is 0.323 e. The number of benzene rings is 1. The van der Waals surface area contributed by atoms with E-state index in [1.54, 1.807) is 28.3 Å². The van der Waals surface area contributed by atoms with Crippen LogP contribution in [0.1, 0.15) is 38.7 Å². The quantitative estimate of drug-likeness (QED) is 0.681. The minimum Gasteiger partial charge on any atom is -0.496 e. The summed E-state index contributed by atoms with van der Waals surface area (Å²) >= 11 is 0. The second kappa shape index (κ2) is 8.78. The Bertz CT molecular complexity index is 557. The van der Waals surface area contributed by atoms with Crippen LogP contribution in [0.3, 0.4) is 0 Å². The van der Waals surface area contributed by atoms with E-state index in [1.165, 1.54) is 0 Å². The molecule has 24 heavy (non-hydrogen) atoms. The first-order chi connectivity index (χ1) is 11.3. The average molecular weight is 339 g/mol. The van der Waals surface area contributed by atoms with E-state index in [1.807, 2.05) is 19.1 Å². The number of rotatable bonds is 10. The molecule has 0 bridgehead atoms. The van der Waals surface area contributed by atoms with Gasteiger partial charge in [-0.15, -0.1) is 0 Å². The number of hydrogen-bond acceptors (Lipinski definition) is 5. The lowest BCUT2D eigenvalue weighted by Gasteiger charge is -2.23. The lowest BCUT2D eigenvalue weighted by Crippen LogP contribution is -2.46. The van der Waals surface area contributed by atoms with E-state index in [2.05, 4.69) is 0 Å². The Balaban J connectivity index is 2.75. The summed E-state index contributed by atoms with van der Waals surface area (Å²) in [5, 5.41) is 9.12. The van der Waals surface area contributed by atoms with Crippen LogP contribution in [-0.2, 0) is 11.2 Å². The molecule has 0 fully saturated rings. The summed E-state index contributed by atoms with van der Waals surface area (Å²) in [5.74, 6) is 1.35. The van der Waals surface area contributed by atoms with Gasteiger partial charge in [0.15, 0.2) is 11.5 Å². The normalized spacial score (nSPS) is 14.6. The first kappa shape index (κ1) is 20.1. The molecule has 2 atom stereocenters. The van der Waals surface area contributed by atoms with Crippen LogP contribution >= 0.6 is 0 Å².